The molecule has 1 aromatic heterocycles. The lowest BCUT2D eigenvalue weighted by atomic mass is 10.2. The fourth-order valence-corrected chi connectivity index (χ4v) is 3.45. The van der Waals surface area contributed by atoms with Gasteiger partial charge in [-0.05, 0) is 47.9 Å². The molecule has 0 fully saturated rings. The van der Waals surface area contributed by atoms with Crippen LogP contribution in [0.5, 0.6) is 5.75 Å². The molecule has 0 saturated heterocycles. The predicted octanol–water partition coefficient (Wildman–Crippen LogP) is 4.27. The van der Waals surface area contributed by atoms with Gasteiger partial charge >= 0.3 is 5.69 Å². The van der Waals surface area contributed by atoms with Gasteiger partial charge in [0.2, 0.25) is 5.91 Å². The molecule has 0 saturated carbocycles. The van der Waals surface area contributed by atoms with Gasteiger partial charge in [-0.25, -0.2) is 4.98 Å². The summed E-state index contributed by atoms with van der Waals surface area (Å²) in [5.74, 6) is 6.73. The van der Waals surface area contributed by atoms with Gasteiger partial charge in [0, 0.05) is 29.3 Å². The molecule has 8 heteroatoms. The van der Waals surface area contributed by atoms with Gasteiger partial charge in [0.15, 0.2) is 5.75 Å². The van der Waals surface area contributed by atoms with E-state index in [1.165, 1.54) is 24.9 Å². The van der Waals surface area contributed by atoms with Crippen molar-refractivity contribution >= 4 is 29.0 Å². The highest BCUT2D eigenvalue weighted by molar-refractivity contribution is 7.99. The lowest BCUT2D eigenvalue weighted by molar-refractivity contribution is -0.385. The maximum absolute atomic E-state index is 12.3. The second kappa shape index (κ2) is 10.8. The molecular weight excluding hydrogens is 414 g/mol. The number of carbonyl (C=O) groups is 1. The summed E-state index contributed by atoms with van der Waals surface area (Å²) >= 11 is 1.37. The molecule has 0 bridgehead atoms. The number of benzene rings is 2. The minimum atomic E-state index is -0.483. The average Bonchev–Trinajstić information content (AvgIpc) is 2.78. The second-order valence-corrected chi connectivity index (χ2v) is 7.34. The quantitative estimate of drug-likeness (QED) is 0.340. The van der Waals surface area contributed by atoms with Crippen molar-refractivity contribution in [2.75, 3.05) is 18.2 Å². The van der Waals surface area contributed by atoms with Gasteiger partial charge in [0.05, 0.1) is 17.8 Å². The zero-order chi connectivity index (χ0) is 22.1. The number of ether oxygens (including phenoxy) is 1. The van der Waals surface area contributed by atoms with Crippen molar-refractivity contribution in [1.82, 2.24) is 4.98 Å². The largest absolute Gasteiger partial charge is 0.490 e. The Hall–Kier alpha value is -3.83. The number of nitro groups is 1. The van der Waals surface area contributed by atoms with Gasteiger partial charge in [0.25, 0.3) is 0 Å². The SMILES string of the molecule is COc1ccc(CSCC(=O)Nc2cccc(C#Cc3ccccn3)c2)cc1[N+](=O)[O-]. The van der Waals surface area contributed by atoms with Crippen LogP contribution in [0.1, 0.15) is 16.8 Å². The number of pyridine rings is 1. The Morgan fingerprint density at radius 3 is 2.77 bits per heavy atom. The van der Waals surface area contributed by atoms with Crippen LogP contribution in [0, 0.1) is 22.0 Å². The van der Waals surface area contributed by atoms with Crippen LogP contribution in [-0.2, 0) is 10.5 Å². The van der Waals surface area contributed by atoms with Crippen LogP contribution in [0.3, 0.4) is 0 Å². The Morgan fingerprint density at radius 1 is 1.16 bits per heavy atom. The van der Waals surface area contributed by atoms with E-state index in [-0.39, 0.29) is 23.1 Å². The molecule has 1 amide bonds. The summed E-state index contributed by atoms with van der Waals surface area (Å²) in [5.41, 5.74) is 2.75. The minimum Gasteiger partial charge on any atom is -0.490 e. The number of thioether (sulfide) groups is 1. The van der Waals surface area contributed by atoms with Crippen molar-refractivity contribution in [2.24, 2.45) is 0 Å². The number of amides is 1. The monoisotopic (exact) mass is 433 g/mol. The summed E-state index contributed by atoms with van der Waals surface area (Å²) < 4.78 is 5.00. The lowest BCUT2D eigenvalue weighted by Crippen LogP contribution is -2.14. The molecule has 1 N–H and O–H groups in total. The van der Waals surface area contributed by atoms with E-state index in [9.17, 15) is 14.9 Å². The van der Waals surface area contributed by atoms with E-state index in [2.05, 4.69) is 22.1 Å². The molecule has 3 aromatic rings. The van der Waals surface area contributed by atoms with Crippen molar-refractivity contribution in [3.8, 4) is 17.6 Å². The molecule has 2 aromatic carbocycles. The molecular formula is C23H19N3O4S. The highest BCUT2D eigenvalue weighted by Crippen LogP contribution is 2.29. The fourth-order valence-electron chi connectivity index (χ4n) is 2.67. The molecule has 0 aliphatic rings. The predicted molar refractivity (Wildman–Crippen MR) is 121 cm³/mol. The molecule has 0 spiro atoms. The van der Waals surface area contributed by atoms with Gasteiger partial charge in [-0.2, -0.15) is 0 Å². The smallest absolute Gasteiger partial charge is 0.311 e. The first-order valence-electron chi connectivity index (χ1n) is 9.27. The van der Waals surface area contributed by atoms with Crippen LogP contribution in [-0.4, -0.2) is 28.7 Å². The number of carbonyl (C=O) groups excluding carboxylic acids is 1. The normalized spacial score (nSPS) is 9.97. The van der Waals surface area contributed by atoms with Crippen molar-refractivity contribution in [3.63, 3.8) is 0 Å². The number of hydrogen-bond donors (Lipinski definition) is 1. The molecule has 0 radical (unpaired) electrons. The summed E-state index contributed by atoms with van der Waals surface area (Å²) in [6, 6.07) is 17.6. The number of hydrogen-bond acceptors (Lipinski definition) is 6. The fraction of sp³-hybridized carbons (Fsp3) is 0.130. The van der Waals surface area contributed by atoms with Crippen LogP contribution in [0.4, 0.5) is 11.4 Å². The second-order valence-electron chi connectivity index (χ2n) is 6.35. The van der Waals surface area contributed by atoms with E-state index >= 15 is 0 Å². The summed E-state index contributed by atoms with van der Waals surface area (Å²) in [7, 11) is 1.39. The molecule has 0 atom stereocenters. The standard InChI is InChI=1S/C23H19N3O4S/c1-30-22-11-9-18(14-21(22)26(28)29)15-31-16-23(27)25-20-7-4-5-17(13-20)8-10-19-6-2-3-12-24-19/h2-7,9,11-14H,15-16H2,1H3,(H,25,27). The number of nitrogens with zero attached hydrogens (tertiary/aromatic N) is 2. The summed E-state index contributed by atoms with van der Waals surface area (Å²) in [6.07, 6.45) is 1.68. The van der Waals surface area contributed by atoms with Crippen LogP contribution in [0.2, 0.25) is 0 Å². The van der Waals surface area contributed by atoms with Crippen molar-refractivity contribution in [2.45, 2.75) is 5.75 Å². The Kier molecular flexibility index (Phi) is 7.62. The third-order valence-corrected chi connectivity index (χ3v) is 5.09. The first kappa shape index (κ1) is 21.9. The molecule has 31 heavy (non-hydrogen) atoms. The van der Waals surface area contributed by atoms with Gasteiger partial charge in [-0.15, -0.1) is 11.8 Å². The maximum Gasteiger partial charge on any atom is 0.311 e. The molecule has 0 aliphatic heterocycles. The van der Waals surface area contributed by atoms with Crippen molar-refractivity contribution in [1.29, 1.82) is 0 Å². The molecule has 7 nitrogen and oxygen atoms in total. The van der Waals surface area contributed by atoms with Crippen LogP contribution in [0.15, 0.2) is 66.9 Å². The summed E-state index contributed by atoms with van der Waals surface area (Å²) in [6.45, 7) is 0. The Labute approximate surface area is 184 Å². The average molecular weight is 433 g/mol. The van der Waals surface area contributed by atoms with Crippen LogP contribution >= 0.6 is 11.8 Å². The van der Waals surface area contributed by atoms with Gasteiger partial charge in [-0.3, -0.25) is 14.9 Å². The molecule has 1 heterocycles. The van der Waals surface area contributed by atoms with Gasteiger partial charge in [-0.1, -0.05) is 24.1 Å². The van der Waals surface area contributed by atoms with E-state index in [0.29, 0.717) is 17.1 Å². The Balaban J connectivity index is 1.54. The van der Waals surface area contributed by atoms with Crippen LogP contribution < -0.4 is 10.1 Å². The molecule has 0 unspecified atom stereocenters. The van der Waals surface area contributed by atoms with E-state index < -0.39 is 4.92 Å². The Morgan fingerprint density at radius 2 is 2.03 bits per heavy atom. The minimum absolute atomic E-state index is 0.0892. The third-order valence-electron chi connectivity index (χ3n) is 4.09. The van der Waals surface area contributed by atoms with E-state index in [4.69, 9.17) is 4.74 Å². The third kappa shape index (κ3) is 6.59. The van der Waals surface area contributed by atoms with Gasteiger partial charge < -0.3 is 10.1 Å². The maximum atomic E-state index is 12.3. The number of aromatic nitrogens is 1. The molecule has 3 rings (SSSR count). The topological polar surface area (TPSA) is 94.4 Å². The molecule has 0 aliphatic carbocycles. The van der Waals surface area contributed by atoms with E-state index in [1.54, 1.807) is 30.5 Å². The van der Waals surface area contributed by atoms with Gasteiger partial charge in [0.1, 0.15) is 5.69 Å². The summed E-state index contributed by atoms with van der Waals surface area (Å²) in [5, 5.41) is 14.0. The number of nitro benzene ring substituents is 1. The van der Waals surface area contributed by atoms with Crippen LogP contribution in [0.25, 0.3) is 0 Å². The highest BCUT2D eigenvalue weighted by Gasteiger charge is 2.15. The summed E-state index contributed by atoms with van der Waals surface area (Å²) in [4.78, 5) is 27.1. The number of anilines is 1. The number of methoxy groups -OCH3 is 1. The Bertz CT molecular complexity index is 1140. The first-order valence-corrected chi connectivity index (χ1v) is 10.4. The zero-order valence-electron chi connectivity index (χ0n) is 16.7. The van der Waals surface area contributed by atoms with E-state index in [1.807, 2.05) is 30.3 Å². The molecule has 156 valence electrons. The lowest BCUT2D eigenvalue weighted by Gasteiger charge is -2.07. The van der Waals surface area contributed by atoms with E-state index in [0.717, 1.165) is 11.1 Å². The van der Waals surface area contributed by atoms with Crippen molar-refractivity contribution in [3.05, 3.63) is 93.8 Å². The number of rotatable bonds is 7. The highest BCUT2D eigenvalue weighted by atomic mass is 32.2. The van der Waals surface area contributed by atoms with Crippen molar-refractivity contribution < 1.29 is 14.5 Å². The number of nitrogens with one attached hydrogen (secondary N) is 1. The zero-order valence-corrected chi connectivity index (χ0v) is 17.5. The first-order chi connectivity index (χ1) is 15.0.